The van der Waals surface area contributed by atoms with Gasteiger partial charge in [-0.2, -0.15) is 0 Å². The number of anilines is 1. The number of aromatic carboxylic acids is 1. The van der Waals surface area contributed by atoms with Crippen LogP contribution in [-0.4, -0.2) is 41.1 Å². The van der Waals surface area contributed by atoms with E-state index in [1.54, 1.807) is 6.07 Å². The Bertz CT molecular complexity index is 515. The van der Waals surface area contributed by atoms with Crippen LogP contribution in [0, 0.1) is 6.92 Å². The molecule has 2 aliphatic heterocycles. The maximum absolute atomic E-state index is 11.0. The first-order valence-corrected chi connectivity index (χ1v) is 7.48. The van der Waals surface area contributed by atoms with Crippen molar-refractivity contribution in [1.29, 1.82) is 0 Å². The summed E-state index contributed by atoms with van der Waals surface area (Å²) in [6, 6.07) is 6.80. The molecule has 0 spiro atoms. The number of carboxylic acids is 1. The zero-order valence-electron chi connectivity index (χ0n) is 11.9. The summed E-state index contributed by atoms with van der Waals surface area (Å²) in [5, 5.41) is 12.6. The zero-order valence-corrected chi connectivity index (χ0v) is 11.9. The molecule has 4 nitrogen and oxygen atoms in total. The second kappa shape index (κ2) is 5.44. The molecule has 2 fully saturated rings. The third-order valence-corrected chi connectivity index (χ3v) is 4.65. The lowest BCUT2D eigenvalue weighted by Crippen LogP contribution is -2.42. The van der Waals surface area contributed by atoms with Crippen LogP contribution >= 0.6 is 0 Å². The third kappa shape index (κ3) is 2.66. The second-order valence-corrected chi connectivity index (χ2v) is 6.03. The summed E-state index contributed by atoms with van der Waals surface area (Å²) in [6.07, 6.45) is 5.05. The number of carboxylic acid groups (broad SMARTS) is 1. The molecular weight excluding hydrogens is 252 g/mol. The highest BCUT2D eigenvalue weighted by Gasteiger charge is 2.31. The first-order chi connectivity index (χ1) is 9.63. The van der Waals surface area contributed by atoms with Crippen LogP contribution in [0.3, 0.4) is 0 Å². The van der Waals surface area contributed by atoms with Crippen molar-refractivity contribution in [2.75, 3.05) is 18.4 Å². The van der Waals surface area contributed by atoms with Crippen molar-refractivity contribution in [3.63, 3.8) is 0 Å². The molecule has 0 saturated carbocycles. The number of fused-ring (bicyclic) bond motifs is 1. The summed E-state index contributed by atoms with van der Waals surface area (Å²) in [6.45, 7) is 4.31. The monoisotopic (exact) mass is 274 g/mol. The highest BCUT2D eigenvalue weighted by molar-refractivity contribution is 5.89. The second-order valence-electron chi connectivity index (χ2n) is 6.03. The molecule has 2 atom stereocenters. The standard InChI is InChI=1S/C16H22N2O2/c1-11-9-12(4-5-15(11)16(19)20)17-13-6-8-18-7-2-3-14(18)10-13/h4-5,9,13-14,17H,2-3,6-8,10H2,1H3,(H,19,20). The molecule has 0 aromatic heterocycles. The Hall–Kier alpha value is -1.55. The number of hydrogen-bond acceptors (Lipinski definition) is 3. The Morgan fingerprint density at radius 1 is 1.35 bits per heavy atom. The predicted octanol–water partition coefficient (Wildman–Crippen LogP) is 2.73. The van der Waals surface area contributed by atoms with Crippen LogP contribution in [0.5, 0.6) is 0 Å². The van der Waals surface area contributed by atoms with Crippen LogP contribution in [0.15, 0.2) is 18.2 Å². The zero-order chi connectivity index (χ0) is 14.1. The van der Waals surface area contributed by atoms with Crippen molar-refractivity contribution >= 4 is 11.7 Å². The van der Waals surface area contributed by atoms with Gasteiger partial charge in [-0.15, -0.1) is 0 Å². The fraction of sp³-hybridized carbons (Fsp3) is 0.562. The number of benzene rings is 1. The Kier molecular flexibility index (Phi) is 3.66. The van der Waals surface area contributed by atoms with E-state index in [0.29, 0.717) is 11.6 Å². The first-order valence-electron chi connectivity index (χ1n) is 7.48. The fourth-order valence-electron chi connectivity index (χ4n) is 3.58. The average Bonchev–Trinajstić information content (AvgIpc) is 2.85. The molecule has 20 heavy (non-hydrogen) atoms. The lowest BCUT2D eigenvalue weighted by atomic mass is 9.97. The molecule has 108 valence electrons. The summed E-state index contributed by atoms with van der Waals surface area (Å²) in [5.74, 6) is -0.853. The van der Waals surface area contributed by atoms with Crippen molar-refractivity contribution in [1.82, 2.24) is 4.90 Å². The Morgan fingerprint density at radius 2 is 2.20 bits per heavy atom. The number of nitrogens with one attached hydrogen (secondary N) is 1. The van der Waals surface area contributed by atoms with Gasteiger partial charge in [0.15, 0.2) is 0 Å². The van der Waals surface area contributed by atoms with E-state index in [1.165, 1.54) is 38.8 Å². The van der Waals surface area contributed by atoms with Gasteiger partial charge in [0, 0.05) is 24.3 Å². The van der Waals surface area contributed by atoms with E-state index in [2.05, 4.69) is 10.2 Å². The van der Waals surface area contributed by atoms with Crippen molar-refractivity contribution in [2.45, 2.75) is 44.7 Å². The number of piperidine rings is 1. The summed E-state index contributed by atoms with van der Waals surface area (Å²) in [4.78, 5) is 13.6. The van der Waals surface area contributed by atoms with Crippen LogP contribution in [0.1, 0.15) is 41.6 Å². The van der Waals surface area contributed by atoms with Gasteiger partial charge in [-0.3, -0.25) is 0 Å². The maximum Gasteiger partial charge on any atom is 0.335 e. The highest BCUT2D eigenvalue weighted by atomic mass is 16.4. The molecule has 1 aromatic rings. The molecule has 0 aliphatic carbocycles. The first kappa shape index (κ1) is 13.4. The normalized spacial score (nSPS) is 26.2. The van der Waals surface area contributed by atoms with Gasteiger partial charge in [0.2, 0.25) is 0 Å². The molecule has 2 heterocycles. The van der Waals surface area contributed by atoms with Crippen LogP contribution in [0.2, 0.25) is 0 Å². The summed E-state index contributed by atoms with van der Waals surface area (Å²) >= 11 is 0. The molecule has 1 aromatic carbocycles. The van der Waals surface area contributed by atoms with E-state index in [0.717, 1.165) is 17.3 Å². The van der Waals surface area contributed by atoms with E-state index in [-0.39, 0.29) is 0 Å². The molecule has 4 heteroatoms. The molecule has 2 saturated heterocycles. The number of hydrogen-bond donors (Lipinski definition) is 2. The van der Waals surface area contributed by atoms with Crippen LogP contribution < -0.4 is 5.32 Å². The van der Waals surface area contributed by atoms with Gasteiger partial charge < -0.3 is 15.3 Å². The van der Waals surface area contributed by atoms with Crippen molar-refractivity contribution in [2.24, 2.45) is 0 Å². The largest absolute Gasteiger partial charge is 0.478 e. The van der Waals surface area contributed by atoms with E-state index in [1.807, 2.05) is 19.1 Å². The van der Waals surface area contributed by atoms with Crippen molar-refractivity contribution < 1.29 is 9.90 Å². The highest BCUT2D eigenvalue weighted by Crippen LogP contribution is 2.28. The SMILES string of the molecule is Cc1cc(NC2CCN3CCCC3C2)ccc1C(=O)O. The maximum atomic E-state index is 11.0. The molecule has 2 unspecified atom stereocenters. The van der Waals surface area contributed by atoms with Gasteiger partial charge in [-0.05, 0) is 62.9 Å². The van der Waals surface area contributed by atoms with Gasteiger partial charge in [0.1, 0.15) is 0 Å². The van der Waals surface area contributed by atoms with Gasteiger partial charge >= 0.3 is 5.97 Å². The van der Waals surface area contributed by atoms with Gasteiger partial charge in [0.25, 0.3) is 0 Å². The number of carbonyl (C=O) groups is 1. The van der Waals surface area contributed by atoms with Gasteiger partial charge in [0.05, 0.1) is 5.56 Å². The molecule has 0 amide bonds. The molecule has 2 N–H and O–H groups in total. The van der Waals surface area contributed by atoms with E-state index < -0.39 is 5.97 Å². The topological polar surface area (TPSA) is 52.6 Å². The number of rotatable bonds is 3. The summed E-state index contributed by atoms with van der Waals surface area (Å²) < 4.78 is 0. The molecule has 2 aliphatic rings. The minimum Gasteiger partial charge on any atom is -0.478 e. The molecular formula is C16H22N2O2. The minimum atomic E-state index is -0.853. The quantitative estimate of drug-likeness (QED) is 0.890. The third-order valence-electron chi connectivity index (χ3n) is 4.65. The van der Waals surface area contributed by atoms with Crippen LogP contribution in [0.25, 0.3) is 0 Å². The Balaban J connectivity index is 1.66. The van der Waals surface area contributed by atoms with Crippen LogP contribution in [0.4, 0.5) is 5.69 Å². The fourth-order valence-corrected chi connectivity index (χ4v) is 3.58. The molecule has 3 rings (SSSR count). The number of aryl methyl sites for hydroxylation is 1. The van der Waals surface area contributed by atoms with Crippen molar-refractivity contribution in [3.05, 3.63) is 29.3 Å². The van der Waals surface area contributed by atoms with E-state index >= 15 is 0 Å². The smallest absolute Gasteiger partial charge is 0.335 e. The van der Waals surface area contributed by atoms with Crippen molar-refractivity contribution in [3.8, 4) is 0 Å². The van der Waals surface area contributed by atoms with Crippen LogP contribution in [-0.2, 0) is 0 Å². The summed E-state index contributed by atoms with van der Waals surface area (Å²) in [7, 11) is 0. The lowest BCUT2D eigenvalue weighted by Gasteiger charge is -2.35. The Labute approximate surface area is 119 Å². The van der Waals surface area contributed by atoms with E-state index in [9.17, 15) is 4.79 Å². The predicted molar refractivity (Wildman–Crippen MR) is 79.4 cm³/mol. The molecule has 0 bridgehead atoms. The molecule has 0 radical (unpaired) electrons. The van der Waals surface area contributed by atoms with E-state index in [4.69, 9.17) is 5.11 Å². The average molecular weight is 274 g/mol. The number of nitrogens with zero attached hydrogens (tertiary/aromatic N) is 1. The lowest BCUT2D eigenvalue weighted by molar-refractivity contribution is 0.0696. The van der Waals surface area contributed by atoms with Gasteiger partial charge in [-0.25, -0.2) is 4.79 Å². The minimum absolute atomic E-state index is 0.390. The Morgan fingerprint density at radius 3 is 2.95 bits per heavy atom. The summed E-state index contributed by atoms with van der Waals surface area (Å²) in [5.41, 5.74) is 2.26. The van der Waals surface area contributed by atoms with Gasteiger partial charge in [-0.1, -0.05) is 0 Å².